The summed E-state index contributed by atoms with van der Waals surface area (Å²) >= 11 is 0. The molecule has 0 rings (SSSR count). The molecule has 0 aromatic heterocycles. The molecule has 0 radical (unpaired) electrons. The first kappa shape index (κ1) is 11.3. The molecule has 0 aromatic rings. The molecule has 0 aromatic carbocycles. The summed E-state index contributed by atoms with van der Waals surface area (Å²) in [5.74, 6) is 5.31. The van der Waals surface area contributed by atoms with Gasteiger partial charge in [-0.2, -0.15) is 0 Å². The molecule has 9 heavy (non-hydrogen) atoms. The van der Waals surface area contributed by atoms with Gasteiger partial charge >= 0.3 is 0 Å². The lowest BCUT2D eigenvalue weighted by molar-refractivity contribution is 0.441. The van der Waals surface area contributed by atoms with Crippen molar-refractivity contribution in [1.29, 1.82) is 0 Å². The zero-order valence-electron chi connectivity index (χ0n) is 7.10. The molecule has 0 aliphatic carbocycles. The SMILES string of the molecule is C/C=C(/C)N(C)N.CC. The van der Waals surface area contributed by atoms with Crippen molar-refractivity contribution in [1.82, 2.24) is 5.01 Å². The van der Waals surface area contributed by atoms with Crippen LogP contribution in [0.3, 0.4) is 0 Å². The van der Waals surface area contributed by atoms with Crippen LogP contribution in [0, 0.1) is 0 Å². The lowest BCUT2D eigenvalue weighted by Gasteiger charge is -2.09. The summed E-state index contributed by atoms with van der Waals surface area (Å²) in [4.78, 5) is 0. The van der Waals surface area contributed by atoms with Crippen LogP contribution in [0.4, 0.5) is 0 Å². The topological polar surface area (TPSA) is 29.3 Å². The van der Waals surface area contributed by atoms with E-state index in [2.05, 4.69) is 0 Å². The van der Waals surface area contributed by atoms with Gasteiger partial charge in [0.05, 0.1) is 0 Å². The summed E-state index contributed by atoms with van der Waals surface area (Å²) in [6, 6.07) is 0. The minimum absolute atomic E-state index is 1.08. The molecule has 0 spiro atoms. The van der Waals surface area contributed by atoms with Gasteiger partial charge in [-0.05, 0) is 13.8 Å². The molecule has 2 heteroatoms. The molecule has 0 unspecified atom stereocenters. The van der Waals surface area contributed by atoms with Gasteiger partial charge in [0.25, 0.3) is 0 Å². The third-order valence-corrected chi connectivity index (χ3v) is 0.974. The van der Waals surface area contributed by atoms with Gasteiger partial charge in [-0.25, -0.2) is 5.84 Å². The maximum atomic E-state index is 5.31. The Bertz CT molecular complexity index is 75.0. The number of hydrogen-bond acceptors (Lipinski definition) is 2. The van der Waals surface area contributed by atoms with Crippen LogP contribution in [0.5, 0.6) is 0 Å². The van der Waals surface area contributed by atoms with Gasteiger partial charge < -0.3 is 5.01 Å². The number of rotatable bonds is 1. The van der Waals surface area contributed by atoms with Crippen molar-refractivity contribution in [3.63, 3.8) is 0 Å². The molecule has 0 atom stereocenters. The molecule has 0 amide bonds. The second-order valence-electron chi connectivity index (χ2n) is 1.54. The van der Waals surface area contributed by atoms with Crippen molar-refractivity contribution in [2.45, 2.75) is 27.7 Å². The maximum Gasteiger partial charge on any atom is 0.0225 e. The highest BCUT2D eigenvalue weighted by Gasteiger charge is 1.83. The highest BCUT2D eigenvalue weighted by molar-refractivity contribution is 4.90. The van der Waals surface area contributed by atoms with Crippen LogP contribution in [0.2, 0.25) is 0 Å². The smallest absolute Gasteiger partial charge is 0.0225 e. The Morgan fingerprint density at radius 2 is 1.78 bits per heavy atom. The van der Waals surface area contributed by atoms with Gasteiger partial charge in [0.2, 0.25) is 0 Å². The average Bonchev–Trinajstić information content (AvgIpc) is 1.91. The predicted octanol–water partition coefficient (Wildman–Crippen LogP) is 1.74. The van der Waals surface area contributed by atoms with Gasteiger partial charge in [-0.3, -0.25) is 0 Å². The van der Waals surface area contributed by atoms with E-state index in [1.807, 2.05) is 40.8 Å². The average molecular weight is 130 g/mol. The fraction of sp³-hybridized carbons (Fsp3) is 0.714. The van der Waals surface area contributed by atoms with Gasteiger partial charge in [-0.15, -0.1) is 0 Å². The zero-order valence-corrected chi connectivity index (χ0v) is 7.10. The number of hydrazine groups is 1. The molecule has 2 nitrogen and oxygen atoms in total. The van der Waals surface area contributed by atoms with Crippen LogP contribution in [0.1, 0.15) is 27.7 Å². The number of hydrogen-bond donors (Lipinski definition) is 1. The van der Waals surface area contributed by atoms with Crippen molar-refractivity contribution in [2.24, 2.45) is 5.84 Å². The van der Waals surface area contributed by atoms with Crippen molar-refractivity contribution in [2.75, 3.05) is 7.05 Å². The summed E-state index contributed by atoms with van der Waals surface area (Å²) in [6.45, 7) is 7.92. The third-order valence-electron chi connectivity index (χ3n) is 0.974. The fourth-order valence-electron chi connectivity index (χ4n) is 0.204. The van der Waals surface area contributed by atoms with Crippen LogP contribution < -0.4 is 5.84 Å². The Kier molecular flexibility index (Phi) is 9.43. The lowest BCUT2D eigenvalue weighted by Crippen LogP contribution is -2.23. The molecular formula is C7H18N2. The normalized spacial score (nSPS) is 9.78. The number of nitrogens with two attached hydrogens (primary N) is 1. The number of nitrogens with zero attached hydrogens (tertiary/aromatic N) is 1. The van der Waals surface area contributed by atoms with Crippen molar-refractivity contribution in [3.8, 4) is 0 Å². The van der Waals surface area contributed by atoms with Crippen LogP contribution in [-0.4, -0.2) is 12.1 Å². The highest BCUT2D eigenvalue weighted by Crippen LogP contribution is 1.89. The van der Waals surface area contributed by atoms with Crippen molar-refractivity contribution < 1.29 is 0 Å². The Morgan fingerprint density at radius 1 is 1.44 bits per heavy atom. The van der Waals surface area contributed by atoms with Crippen LogP contribution >= 0.6 is 0 Å². The molecule has 0 saturated heterocycles. The monoisotopic (exact) mass is 130 g/mol. The molecule has 0 fully saturated rings. The summed E-state index contributed by atoms with van der Waals surface area (Å²) in [6.07, 6.45) is 1.96. The van der Waals surface area contributed by atoms with E-state index in [9.17, 15) is 0 Å². The molecule has 0 aliphatic heterocycles. The number of allylic oxidation sites excluding steroid dienone is 2. The van der Waals surface area contributed by atoms with Gasteiger partial charge in [0.1, 0.15) is 0 Å². The first-order chi connectivity index (χ1) is 4.18. The van der Waals surface area contributed by atoms with Crippen molar-refractivity contribution in [3.05, 3.63) is 11.8 Å². The highest BCUT2D eigenvalue weighted by atomic mass is 15.4. The fourth-order valence-corrected chi connectivity index (χ4v) is 0.204. The molecular weight excluding hydrogens is 112 g/mol. The van der Waals surface area contributed by atoms with Gasteiger partial charge in [-0.1, -0.05) is 19.9 Å². The Morgan fingerprint density at radius 3 is 1.78 bits per heavy atom. The molecule has 0 heterocycles. The van der Waals surface area contributed by atoms with Gasteiger partial charge in [0, 0.05) is 12.7 Å². The Labute approximate surface area is 58.3 Å². The van der Waals surface area contributed by atoms with E-state index in [-0.39, 0.29) is 0 Å². The summed E-state index contributed by atoms with van der Waals surface area (Å²) < 4.78 is 0. The van der Waals surface area contributed by atoms with E-state index in [0.29, 0.717) is 0 Å². The Balaban J connectivity index is 0. The van der Waals surface area contributed by atoms with E-state index < -0.39 is 0 Å². The quantitative estimate of drug-likeness (QED) is 0.433. The molecule has 2 N–H and O–H groups in total. The second-order valence-corrected chi connectivity index (χ2v) is 1.54. The van der Waals surface area contributed by atoms with Gasteiger partial charge in [0.15, 0.2) is 0 Å². The first-order valence-corrected chi connectivity index (χ1v) is 3.30. The van der Waals surface area contributed by atoms with E-state index in [4.69, 9.17) is 5.84 Å². The van der Waals surface area contributed by atoms with E-state index in [1.54, 1.807) is 5.01 Å². The molecule has 0 bridgehead atoms. The first-order valence-electron chi connectivity index (χ1n) is 3.30. The van der Waals surface area contributed by atoms with Crippen LogP contribution in [-0.2, 0) is 0 Å². The second kappa shape index (κ2) is 7.50. The minimum Gasteiger partial charge on any atom is -0.319 e. The summed E-state index contributed by atoms with van der Waals surface area (Å²) in [5, 5.41) is 1.58. The minimum atomic E-state index is 1.08. The molecule has 0 aliphatic rings. The molecule has 56 valence electrons. The maximum absolute atomic E-state index is 5.31. The zero-order chi connectivity index (χ0) is 7.86. The lowest BCUT2D eigenvalue weighted by atomic mass is 10.4. The van der Waals surface area contributed by atoms with E-state index >= 15 is 0 Å². The van der Waals surface area contributed by atoms with Crippen LogP contribution in [0.25, 0.3) is 0 Å². The Hall–Kier alpha value is -0.500. The predicted molar refractivity (Wildman–Crippen MR) is 42.7 cm³/mol. The largest absolute Gasteiger partial charge is 0.319 e. The van der Waals surface area contributed by atoms with Crippen LogP contribution in [0.15, 0.2) is 11.8 Å². The standard InChI is InChI=1S/C5H12N2.C2H6/c1-4-5(2)7(3)6;1-2/h4H,6H2,1-3H3;1-2H3/b5-4-;. The third kappa shape index (κ3) is 7.50. The van der Waals surface area contributed by atoms with Crippen molar-refractivity contribution >= 4 is 0 Å². The van der Waals surface area contributed by atoms with E-state index in [1.165, 1.54) is 0 Å². The van der Waals surface area contributed by atoms with E-state index in [0.717, 1.165) is 5.70 Å². The summed E-state index contributed by atoms with van der Waals surface area (Å²) in [5.41, 5.74) is 1.08. The summed E-state index contributed by atoms with van der Waals surface area (Å²) in [7, 11) is 1.81. The molecule has 0 saturated carbocycles.